The Balaban J connectivity index is 1.44. The highest BCUT2D eigenvalue weighted by Gasteiger charge is 2.30. The van der Waals surface area contributed by atoms with Gasteiger partial charge in [-0.3, -0.25) is 14.5 Å². The molecule has 2 amide bonds. The van der Waals surface area contributed by atoms with Crippen LogP contribution in [0, 0.1) is 5.92 Å². The summed E-state index contributed by atoms with van der Waals surface area (Å²) in [5, 5.41) is 19.6. The standard InChI is InChI=1S/C24H28N8O5/c1-25-24(34)20-17(12-18(29-30-20)27-23(33)14-6-7-14)26-16-5-3-4-15(21(16)35-2)22-28-19(37-31-22)13-32-8-10-36-11-9-32/h3-5,12,14H,6-11,13H2,1-2H3,(H,25,34)(H2,26,27,29,33)/i1D3. The van der Waals surface area contributed by atoms with Crippen LogP contribution in [0.2, 0.25) is 0 Å². The molecule has 3 heterocycles. The minimum absolute atomic E-state index is 0.0865. The van der Waals surface area contributed by atoms with Gasteiger partial charge in [0, 0.05) is 36.2 Å². The van der Waals surface area contributed by atoms with E-state index in [2.05, 4.69) is 35.9 Å². The number of hydrogen-bond donors (Lipinski definition) is 3. The van der Waals surface area contributed by atoms with Gasteiger partial charge in [0.15, 0.2) is 17.3 Å². The number of rotatable bonds is 9. The summed E-state index contributed by atoms with van der Waals surface area (Å²) in [7, 11) is 1.47. The van der Waals surface area contributed by atoms with Crippen molar-refractivity contribution < 1.29 is 27.7 Å². The van der Waals surface area contributed by atoms with E-state index in [9.17, 15) is 9.59 Å². The van der Waals surface area contributed by atoms with E-state index in [0.29, 0.717) is 48.5 Å². The van der Waals surface area contributed by atoms with Gasteiger partial charge in [0.2, 0.25) is 17.6 Å². The summed E-state index contributed by atoms with van der Waals surface area (Å²) >= 11 is 0. The lowest BCUT2D eigenvalue weighted by Gasteiger charge is -2.24. The molecule has 13 nitrogen and oxygen atoms in total. The maximum atomic E-state index is 12.8. The molecule has 2 aromatic heterocycles. The predicted molar refractivity (Wildman–Crippen MR) is 132 cm³/mol. The van der Waals surface area contributed by atoms with E-state index < -0.39 is 12.9 Å². The van der Waals surface area contributed by atoms with Crippen molar-refractivity contribution in [1.29, 1.82) is 0 Å². The number of methoxy groups -OCH3 is 1. The molecule has 0 spiro atoms. The van der Waals surface area contributed by atoms with Crippen LogP contribution in [0.3, 0.4) is 0 Å². The first-order valence-corrected chi connectivity index (χ1v) is 11.8. The average molecular weight is 512 g/mol. The number of ether oxygens (including phenoxy) is 2. The number of aromatic nitrogens is 4. The van der Waals surface area contributed by atoms with Crippen LogP contribution < -0.4 is 20.7 Å². The van der Waals surface area contributed by atoms with Gasteiger partial charge in [-0.2, -0.15) is 4.98 Å². The summed E-state index contributed by atoms with van der Waals surface area (Å²) in [6.45, 7) is 0.554. The van der Waals surface area contributed by atoms with E-state index in [4.69, 9.17) is 18.1 Å². The van der Waals surface area contributed by atoms with Gasteiger partial charge in [-0.15, -0.1) is 10.2 Å². The largest absolute Gasteiger partial charge is 0.494 e. The average Bonchev–Trinajstić information content (AvgIpc) is 3.67. The number of hydrogen-bond acceptors (Lipinski definition) is 11. The third kappa shape index (κ3) is 5.67. The first-order chi connectivity index (χ1) is 19.2. The highest BCUT2D eigenvalue weighted by Crippen LogP contribution is 2.37. The second-order valence-electron chi connectivity index (χ2n) is 8.62. The molecular weight excluding hydrogens is 480 g/mol. The quantitative estimate of drug-likeness (QED) is 0.385. The number of nitrogens with one attached hydrogen (secondary N) is 3. The molecule has 3 aromatic rings. The number of nitrogens with zero attached hydrogens (tertiary/aromatic N) is 5. The maximum absolute atomic E-state index is 12.8. The van der Waals surface area contributed by atoms with E-state index in [-0.39, 0.29) is 29.0 Å². The number of amides is 2. The molecular formula is C24H28N8O5. The number of carbonyl (C=O) groups is 2. The molecule has 0 unspecified atom stereocenters. The number of morpholine rings is 1. The summed E-state index contributed by atoms with van der Waals surface area (Å²) < 4.78 is 38.7. The lowest BCUT2D eigenvalue weighted by Crippen LogP contribution is -2.35. The fraction of sp³-hybridized carbons (Fsp3) is 0.417. The Morgan fingerprint density at radius 2 is 2.05 bits per heavy atom. The molecule has 37 heavy (non-hydrogen) atoms. The van der Waals surface area contributed by atoms with Gasteiger partial charge in [0.25, 0.3) is 5.91 Å². The Labute approximate surface area is 217 Å². The van der Waals surface area contributed by atoms with E-state index in [1.807, 2.05) is 5.32 Å². The molecule has 1 saturated heterocycles. The van der Waals surface area contributed by atoms with Crippen molar-refractivity contribution in [2.24, 2.45) is 5.92 Å². The smallest absolute Gasteiger partial charge is 0.273 e. The fourth-order valence-electron chi connectivity index (χ4n) is 3.90. The van der Waals surface area contributed by atoms with Crippen molar-refractivity contribution in [2.75, 3.05) is 51.0 Å². The molecule has 0 bridgehead atoms. The highest BCUT2D eigenvalue weighted by molar-refractivity contribution is 6.00. The van der Waals surface area contributed by atoms with Crippen LogP contribution in [-0.2, 0) is 16.1 Å². The molecule has 1 aromatic carbocycles. The molecule has 2 fully saturated rings. The van der Waals surface area contributed by atoms with Crippen LogP contribution >= 0.6 is 0 Å². The number of para-hydroxylation sites is 1. The number of benzene rings is 1. The molecule has 1 aliphatic carbocycles. The minimum Gasteiger partial charge on any atom is -0.494 e. The molecule has 2 aliphatic rings. The number of anilines is 3. The van der Waals surface area contributed by atoms with Gasteiger partial charge < -0.3 is 29.9 Å². The van der Waals surface area contributed by atoms with Crippen LogP contribution in [0.25, 0.3) is 11.4 Å². The molecule has 1 aliphatic heterocycles. The molecule has 0 atom stereocenters. The lowest BCUT2D eigenvalue weighted by molar-refractivity contribution is -0.117. The predicted octanol–water partition coefficient (Wildman–Crippen LogP) is 1.82. The van der Waals surface area contributed by atoms with Gasteiger partial charge in [0.1, 0.15) is 0 Å². The van der Waals surface area contributed by atoms with E-state index >= 15 is 0 Å². The molecule has 13 heteroatoms. The summed E-state index contributed by atoms with van der Waals surface area (Å²) in [6, 6.07) is 6.57. The van der Waals surface area contributed by atoms with Crippen LogP contribution in [-0.4, -0.2) is 77.4 Å². The van der Waals surface area contributed by atoms with Crippen molar-refractivity contribution in [1.82, 2.24) is 30.6 Å². The van der Waals surface area contributed by atoms with Crippen molar-refractivity contribution in [2.45, 2.75) is 19.4 Å². The Kier molecular flexibility index (Phi) is 6.19. The minimum atomic E-state index is -2.75. The van der Waals surface area contributed by atoms with Gasteiger partial charge in [0.05, 0.1) is 43.8 Å². The molecule has 5 rings (SSSR count). The first kappa shape index (κ1) is 21.0. The highest BCUT2D eigenvalue weighted by atomic mass is 16.5. The van der Waals surface area contributed by atoms with Crippen molar-refractivity contribution in [3.05, 3.63) is 35.9 Å². The van der Waals surface area contributed by atoms with E-state index in [1.165, 1.54) is 13.2 Å². The van der Waals surface area contributed by atoms with E-state index in [1.54, 1.807) is 18.2 Å². The normalized spacial score (nSPS) is 17.3. The lowest BCUT2D eigenvalue weighted by atomic mass is 10.1. The monoisotopic (exact) mass is 511 g/mol. The van der Waals surface area contributed by atoms with Crippen LogP contribution in [0.4, 0.5) is 17.2 Å². The zero-order valence-electron chi connectivity index (χ0n) is 23.1. The fourth-order valence-corrected chi connectivity index (χ4v) is 3.90. The summed E-state index contributed by atoms with van der Waals surface area (Å²) in [5.41, 5.74) is 0.719. The van der Waals surface area contributed by atoms with Gasteiger partial charge in [-0.05, 0) is 25.0 Å². The molecule has 194 valence electrons. The van der Waals surface area contributed by atoms with Crippen molar-refractivity contribution in [3.63, 3.8) is 0 Å². The van der Waals surface area contributed by atoms with Crippen molar-refractivity contribution >= 4 is 29.0 Å². The molecule has 3 N–H and O–H groups in total. The Morgan fingerprint density at radius 1 is 1.22 bits per heavy atom. The number of carbonyl (C=O) groups excluding carboxylic acids is 2. The second kappa shape index (κ2) is 10.9. The SMILES string of the molecule is [2H]C([2H])([2H])NC(=O)c1nnc(NC(=O)C2CC2)cc1Nc1cccc(-c2noc(CN3CCOCC3)n2)c1OC. The van der Waals surface area contributed by atoms with Gasteiger partial charge >= 0.3 is 0 Å². The Morgan fingerprint density at radius 3 is 2.81 bits per heavy atom. The summed E-state index contributed by atoms with van der Waals surface area (Å²) in [5.74, 6) is -0.0865. The summed E-state index contributed by atoms with van der Waals surface area (Å²) in [6.07, 6.45) is 1.58. The van der Waals surface area contributed by atoms with Crippen LogP contribution in [0.1, 0.15) is 33.3 Å². The zero-order chi connectivity index (χ0) is 28.3. The molecule has 0 radical (unpaired) electrons. The Hall–Kier alpha value is -4.10. The van der Waals surface area contributed by atoms with Gasteiger partial charge in [-0.25, -0.2) is 0 Å². The zero-order valence-corrected chi connectivity index (χ0v) is 20.1. The second-order valence-corrected chi connectivity index (χ2v) is 8.62. The molecule has 1 saturated carbocycles. The van der Waals surface area contributed by atoms with Gasteiger partial charge in [-0.1, -0.05) is 11.2 Å². The van der Waals surface area contributed by atoms with Crippen LogP contribution in [0.5, 0.6) is 5.75 Å². The maximum Gasteiger partial charge on any atom is 0.273 e. The van der Waals surface area contributed by atoms with E-state index in [0.717, 1.165) is 25.9 Å². The van der Waals surface area contributed by atoms with Crippen LogP contribution in [0.15, 0.2) is 28.8 Å². The third-order valence-corrected chi connectivity index (χ3v) is 5.98. The van der Waals surface area contributed by atoms with Crippen molar-refractivity contribution in [3.8, 4) is 17.1 Å². The first-order valence-electron chi connectivity index (χ1n) is 13.3. The Bertz CT molecular complexity index is 1390. The topological polar surface area (TPSA) is 157 Å². The third-order valence-electron chi connectivity index (χ3n) is 5.98. The summed E-state index contributed by atoms with van der Waals surface area (Å²) in [4.78, 5) is 31.7.